The van der Waals surface area contributed by atoms with Gasteiger partial charge in [-0.05, 0) is 31.0 Å². The van der Waals surface area contributed by atoms with Crippen LogP contribution in [-0.4, -0.2) is 26.3 Å². The molecule has 1 aromatic rings. The highest BCUT2D eigenvalue weighted by atomic mass is 19.1. The normalized spacial score (nSPS) is 18.9. The standard InChI is InChI=1S/C13H19FN2O/c1-10(15)11-3-4-13(12(14)9-11)16-5-2-7-17-8-6-16/h3-4,9-10H,2,5-8,15H2,1H3/t10-/m0/s1. The van der Waals surface area contributed by atoms with Crippen molar-refractivity contribution >= 4 is 5.69 Å². The number of nitrogens with zero attached hydrogens (tertiary/aromatic N) is 1. The van der Waals surface area contributed by atoms with Gasteiger partial charge in [0, 0.05) is 25.7 Å². The van der Waals surface area contributed by atoms with E-state index in [9.17, 15) is 4.39 Å². The Morgan fingerprint density at radius 2 is 2.18 bits per heavy atom. The van der Waals surface area contributed by atoms with Gasteiger partial charge in [-0.1, -0.05) is 6.07 Å². The molecule has 1 heterocycles. The molecule has 0 saturated carbocycles. The lowest BCUT2D eigenvalue weighted by Gasteiger charge is -2.23. The molecule has 1 aliphatic rings. The molecule has 1 aliphatic heterocycles. The van der Waals surface area contributed by atoms with E-state index in [2.05, 4.69) is 0 Å². The van der Waals surface area contributed by atoms with Crippen molar-refractivity contribution in [3.8, 4) is 0 Å². The first-order valence-electron chi connectivity index (χ1n) is 6.06. The summed E-state index contributed by atoms with van der Waals surface area (Å²) in [7, 11) is 0. The predicted molar refractivity (Wildman–Crippen MR) is 66.7 cm³/mol. The number of benzene rings is 1. The van der Waals surface area contributed by atoms with E-state index in [1.54, 1.807) is 0 Å². The Kier molecular flexibility index (Phi) is 3.97. The van der Waals surface area contributed by atoms with Crippen molar-refractivity contribution in [2.75, 3.05) is 31.2 Å². The van der Waals surface area contributed by atoms with Crippen molar-refractivity contribution in [1.29, 1.82) is 0 Å². The van der Waals surface area contributed by atoms with Gasteiger partial charge >= 0.3 is 0 Å². The van der Waals surface area contributed by atoms with Crippen LogP contribution in [0.4, 0.5) is 10.1 Å². The maximum absolute atomic E-state index is 14.0. The summed E-state index contributed by atoms with van der Waals surface area (Å²) in [5.74, 6) is -0.193. The second-order valence-corrected chi connectivity index (χ2v) is 4.45. The van der Waals surface area contributed by atoms with Gasteiger partial charge in [0.15, 0.2) is 0 Å². The van der Waals surface area contributed by atoms with Crippen LogP contribution in [0, 0.1) is 5.82 Å². The van der Waals surface area contributed by atoms with Gasteiger partial charge in [0.1, 0.15) is 5.82 Å². The number of rotatable bonds is 2. The van der Waals surface area contributed by atoms with E-state index in [0.29, 0.717) is 12.3 Å². The van der Waals surface area contributed by atoms with Crippen LogP contribution in [0.1, 0.15) is 24.9 Å². The Labute approximate surface area is 101 Å². The number of hydrogen-bond donors (Lipinski definition) is 1. The Bertz CT molecular complexity index is 374. The zero-order chi connectivity index (χ0) is 12.3. The minimum atomic E-state index is -0.193. The molecule has 1 saturated heterocycles. The fraction of sp³-hybridized carbons (Fsp3) is 0.538. The molecule has 2 N–H and O–H groups in total. The third kappa shape index (κ3) is 2.96. The van der Waals surface area contributed by atoms with Crippen molar-refractivity contribution in [2.24, 2.45) is 5.73 Å². The zero-order valence-electron chi connectivity index (χ0n) is 10.2. The van der Waals surface area contributed by atoms with E-state index in [1.807, 2.05) is 24.0 Å². The van der Waals surface area contributed by atoms with Crippen molar-refractivity contribution in [3.63, 3.8) is 0 Å². The van der Waals surface area contributed by atoms with Gasteiger partial charge in [-0.2, -0.15) is 0 Å². The van der Waals surface area contributed by atoms with Crippen molar-refractivity contribution in [1.82, 2.24) is 0 Å². The summed E-state index contributed by atoms with van der Waals surface area (Å²) in [5, 5.41) is 0. The summed E-state index contributed by atoms with van der Waals surface area (Å²) >= 11 is 0. The van der Waals surface area contributed by atoms with Crippen LogP contribution in [0.3, 0.4) is 0 Å². The maximum Gasteiger partial charge on any atom is 0.146 e. The van der Waals surface area contributed by atoms with E-state index < -0.39 is 0 Å². The molecule has 3 nitrogen and oxygen atoms in total. The Balaban J connectivity index is 2.19. The lowest BCUT2D eigenvalue weighted by atomic mass is 10.1. The van der Waals surface area contributed by atoms with E-state index in [4.69, 9.17) is 10.5 Å². The molecular formula is C13H19FN2O. The summed E-state index contributed by atoms with van der Waals surface area (Å²) in [6, 6.07) is 5.12. The zero-order valence-corrected chi connectivity index (χ0v) is 10.2. The van der Waals surface area contributed by atoms with Gasteiger partial charge in [0.05, 0.1) is 12.3 Å². The largest absolute Gasteiger partial charge is 0.380 e. The highest BCUT2D eigenvalue weighted by molar-refractivity contribution is 5.49. The fourth-order valence-corrected chi connectivity index (χ4v) is 2.05. The van der Waals surface area contributed by atoms with Crippen LogP contribution in [0.2, 0.25) is 0 Å². The second kappa shape index (κ2) is 5.47. The van der Waals surface area contributed by atoms with E-state index in [0.717, 1.165) is 31.7 Å². The van der Waals surface area contributed by atoms with Gasteiger partial charge in [0.25, 0.3) is 0 Å². The first-order chi connectivity index (χ1) is 8.18. The molecule has 0 aromatic heterocycles. The molecule has 0 unspecified atom stereocenters. The van der Waals surface area contributed by atoms with Gasteiger partial charge in [-0.3, -0.25) is 0 Å². The molecule has 2 rings (SSSR count). The van der Waals surface area contributed by atoms with Gasteiger partial charge in [-0.25, -0.2) is 4.39 Å². The van der Waals surface area contributed by atoms with E-state index in [1.165, 1.54) is 6.07 Å². The van der Waals surface area contributed by atoms with Crippen molar-refractivity contribution < 1.29 is 9.13 Å². The molecule has 0 spiro atoms. The SMILES string of the molecule is C[C@H](N)c1ccc(N2CCCOCC2)c(F)c1. The van der Waals surface area contributed by atoms with Crippen LogP contribution >= 0.6 is 0 Å². The molecule has 1 fully saturated rings. The van der Waals surface area contributed by atoms with Crippen LogP contribution in [-0.2, 0) is 4.74 Å². The molecule has 0 radical (unpaired) electrons. The van der Waals surface area contributed by atoms with Crippen LogP contribution < -0.4 is 10.6 Å². The Hall–Kier alpha value is -1.13. The first kappa shape index (κ1) is 12.3. The van der Waals surface area contributed by atoms with E-state index >= 15 is 0 Å². The Morgan fingerprint density at radius 3 is 2.88 bits per heavy atom. The molecule has 0 bridgehead atoms. The van der Waals surface area contributed by atoms with Crippen LogP contribution in [0.25, 0.3) is 0 Å². The number of hydrogen-bond acceptors (Lipinski definition) is 3. The number of ether oxygens (including phenoxy) is 1. The highest BCUT2D eigenvalue weighted by Crippen LogP contribution is 2.23. The van der Waals surface area contributed by atoms with E-state index in [-0.39, 0.29) is 11.9 Å². The maximum atomic E-state index is 14.0. The number of halogens is 1. The lowest BCUT2D eigenvalue weighted by molar-refractivity contribution is 0.152. The molecule has 17 heavy (non-hydrogen) atoms. The number of anilines is 1. The second-order valence-electron chi connectivity index (χ2n) is 4.45. The summed E-state index contributed by atoms with van der Waals surface area (Å²) in [6.07, 6.45) is 0.939. The average molecular weight is 238 g/mol. The van der Waals surface area contributed by atoms with Gasteiger partial charge in [0.2, 0.25) is 0 Å². The molecule has 1 atom stereocenters. The Morgan fingerprint density at radius 1 is 1.35 bits per heavy atom. The minimum Gasteiger partial charge on any atom is -0.380 e. The third-order valence-corrected chi connectivity index (χ3v) is 3.06. The topological polar surface area (TPSA) is 38.5 Å². The third-order valence-electron chi connectivity index (χ3n) is 3.06. The summed E-state index contributed by atoms with van der Waals surface area (Å²) in [4.78, 5) is 2.04. The van der Waals surface area contributed by atoms with Crippen molar-refractivity contribution in [2.45, 2.75) is 19.4 Å². The summed E-state index contributed by atoms with van der Waals surface area (Å²) in [5.41, 5.74) is 7.22. The molecule has 0 amide bonds. The molecular weight excluding hydrogens is 219 g/mol. The molecule has 4 heteroatoms. The average Bonchev–Trinajstić information content (AvgIpc) is 2.57. The molecule has 1 aromatic carbocycles. The lowest BCUT2D eigenvalue weighted by Crippen LogP contribution is -2.26. The monoisotopic (exact) mass is 238 g/mol. The van der Waals surface area contributed by atoms with Crippen molar-refractivity contribution in [3.05, 3.63) is 29.6 Å². The quantitative estimate of drug-likeness (QED) is 0.857. The van der Waals surface area contributed by atoms with Gasteiger partial charge < -0.3 is 15.4 Å². The highest BCUT2D eigenvalue weighted by Gasteiger charge is 2.14. The number of nitrogens with two attached hydrogens (primary N) is 1. The fourth-order valence-electron chi connectivity index (χ4n) is 2.05. The smallest absolute Gasteiger partial charge is 0.146 e. The minimum absolute atomic E-state index is 0.133. The van der Waals surface area contributed by atoms with Gasteiger partial charge in [-0.15, -0.1) is 0 Å². The first-order valence-corrected chi connectivity index (χ1v) is 6.06. The summed E-state index contributed by atoms with van der Waals surface area (Å²) < 4.78 is 19.4. The molecule has 0 aliphatic carbocycles. The van der Waals surface area contributed by atoms with Crippen LogP contribution in [0.15, 0.2) is 18.2 Å². The molecule has 94 valence electrons. The predicted octanol–water partition coefficient (Wildman–Crippen LogP) is 2.07. The summed E-state index contributed by atoms with van der Waals surface area (Å²) in [6.45, 7) is 4.86. The van der Waals surface area contributed by atoms with Crippen LogP contribution in [0.5, 0.6) is 0 Å².